The molecule has 1 saturated heterocycles. The number of benzene rings is 2. The van der Waals surface area contributed by atoms with Gasteiger partial charge in [0.1, 0.15) is 0 Å². The molecule has 1 heterocycles. The number of thioether (sulfide) groups is 1. The summed E-state index contributed by atoms with van der Waals surface area (Å²) in [5.74, 6) is 1.75. The molecule has 0 bridgehead atoms. The lowest BCUT2D eigenvalue weighted by atomic mass is 10.1. The maximum atomic E-state index is 5.98. The van der Waals surface area contributed by atoms with E-state index in [0.29, 0.717) is 12.7 Å². The molecule has 0 radical (unpaired) electrons. The predicted molar refractivity (Wildman–Crippen MR) is 125 cm³/mol. The zero-order chi connectivity index (χ0) is 21.0. The van der Waals surface area contributed by atoms with Crippen molar-refractivity contribution in [2.24, 2.45) is 4.99 Å². The van der Waals surface area contributed by atoms with Gasteiger partial charge in [0.15, 0.2) is 5.96 Å². The molecule has 0 atom stereocenters. The van der Waals surface area contributed by atoms with Crippen LogP contribution in [-0.2, 0) is 22.6 Å². The number of halogens is 1. The van der Waals surface area contributed by atoms with Crippen molar-refractivity contribution >= 4 is 29.3 Å². The van der Waals surface area contributed by atoms with E-state index in [0.717, 1.165) is 55.9 Å². The zero-order valence-electron chi connectivity index (χ0n) is 17.4. The number of nitrogens with one attached hydrogen (secondary N) is 2. The molecule has 162 valence electrons. The van der Waals surface area contributed by atoms with E-state index in [1.165, 1.54) is 16.0 Å². The smallest absolute Gasteiger partial charge is 0.191 e. The molecule has 2 N–H and O–H groups in total. The summed E-state index contributed by atoms with van der Waals surface area (Å²) in [6, 6.07) is 16.5. The molecule has 0 aromatic heterocycles. The Morgan fingerprint density at radius 3 is 2.47 bits per heavy atom. The van der Waals surface area contributed by atoms with Gasteiger partial charge in [0.25, 0.3) is 0 Å². The number of ether oxygens (including phenoxy) is 2. The monoisotopic (exact) mass is 447 g/mol. The van der Waals surface area contributed by atoms with E-state index in [4.69, 9.17) is 21.1 Å². The van der Waals surface area contributed by atoms with Crippen LogP contribution in [-0.4, -0.2) is 44.6 Å². The van der Waals surface area contributed by atoms with Gasteiger partial charge in [-0.05, 0) is 48.2 Å². The Morgan fingerprint density at radius 1 is 1.07 bits per heavy atom. The highest BCUT2D eigenvalue weighted by Gasteiger charge is 2.13. The summed E-state index contributed by atoms with van der Waals surface area (Å²) in [4.78, 5) is 5.51. The zero-order valence-corrected chi connectivity index (χ0v) is 19.0. The fourth-order valence-electron chi connectivity index (χ4n) is 3.09. The molecule has 0 amide bonds. The third-order valence-corrected chi connectivity index (χ3v) is 6.10. The Balaban J connectivity index is 1.33. The fourth-order valence-corrected chi connectivity index (χ4v) is 3.98. The first-order chi connectivity index (χ1) is 14.7. The van der Waals surface area contributed by atoms with Gasteiger partial charge < -0.3 is 20.1 Å². The Bertz CT molecular complexity index is 778. The van der Waals surface area contributed by atoms with E-state index in [-0.39, 0.29) is 0 Å². The second-order valence-corrected chi connectivity index (χ2v) is 8.70. The van der Waals surface area contributed by atoms with E-state index in [9.17, 15) is 0 Å². The molecule has 1 aliphatic heterocycles. The van der Waals surface area contributed by atoms with Crippen molar-refractivity contribution in [1.29, 1.82) is 0 Å². The van der Waals surface area contributed by atoms with Crippen molar-refractivity contribution in [3.63, 3.8) is 0 Å². The quantitative estimate of drug-likeness (QED) is 0.256. The molecular formula is C23H30ClN3O2S. The van der Waals surface area contributed by atoms with Crippen LogP contribution < -0.4 is 10.6 Å². The minimum absolute atomic E-state index is 0.326. The number of nitrogens with zero attached hydrogens (tertiary/aromatic N) is 1. The molecule has 5 nitrogen and oxygen atoms in total. The molecule has 2 aromatic carbocycles. The molecule has 2 aromatic rings. The first kappa shape index (κ1) is 22.9. The molecule has 1 fully saturated rings. The summed E-state index contributed by atoms with van der Waals surface area (Å²) in [6.45, 7) is 3.84. The average molecular weight is 448 g/mol. The number of rotatable bonds is 9. The van der Waals surface area contributed by atoms with Crippen molar-refractivity contribution < 1.29 is 9.47 Å². The molecule has 0 aliphatic carbocycles. The number of aliphatic imine (C=N–C) groups is 1. The minimum Gasteiger partial charge on any atom is -0.381 e. The van der Waals surface area contributed by atoms with E-state index >= 15 is 0 Å². The highest BCUT2D eigenvalue weighted by atomic mass is 35.5. The number of guanidine groups is 1. The van der Waals surface area contributed by atoms with Crippen LogP contribution in [0.1, 0.15) is 24.0 Å². The Morgan fingerprint density at radius 2 is 1.77 bits per heavy atom. The Labute approximate surface area is 188 Å². The van der Waals surface area contributed by atoms with Gasteiger partial charge in [-0.15, -0.1) is 11.8 Å². The predicted octanol–water partition coefficient (Wildman–Crippen LogP) is 4.49. The molecule has 1 aliphatic rings. The van der Waals surface area contributed by atoms with Crippen molar-refractivity contribution in [2.45, 2.75) is 37.0 Å². The van der Waals surface area contributed by atoms with Crippen LogP contribution in [0.2, 0.25) is 5.02 Å². The van der Waals surface area contributed by atoms with Crippen molar-refractivity contribution in [3.05, 3.63) is 64.7 Å². The average Bonchev–Trinajstić information content (AvgIpc) is 2.80. The summed E-state index contributed by atoms with van der Waals surface area (Å²) >= 11 is 7.71. The second kappa shape index (κ2) is 12.8. The lowest BCUT2D eigenvalue weighted by molar-refractivity contribution is -0.0390. The van der Waals surface area contributed by atoms with Crippen LogP contribution in [0.5, 0.6) is 0 Å². The van der Waals surface area contributed by atoms with Crippen molar-refractivity contribution in [1.82, 2.24) is 10.6 Å². The molecular weight excluding hydrogens is 418 g/mol. The summed E-state index contributed by atoms with van der Waals surface area (Å²) in [6.07, 6.45) is 2.31. The SMILES string of the molecule is CN=C(NCCSc1ccc(Cl)cc1)NCc1ccc(COC2CCOCC2)cc1. The molecule has 0 saturated carbocycles. The molecule has 7 heteroatoms. The van der Waals surface area contributed by atoms with Crippen LogP contribution in [0.4, 0.5) is 0 Å². The van der Waals surface area contributed by atoms with Gasteiger partial charge in [0.2, 0.25) is 0 Å². The summed E-state index contributed by atoms with van der Waals surface area (Å²) in [7, 11) is 1.79. The van der Waals surface area contributed by atoms with Gasteiger partial charge in [0.05, 0.1) is 12.7 Å². The second-order valence-electron chi connectivity index (χ2n) is 7.09. The van der Waals surface area contributed by atoms with Gasteiger partial charge in [-0.1, -0.05) is 35.9 Å². The topological polar surface area (TPSA) is 54.9 Å². The largest absolute Gasteiger partial charge is 0.381 e. The maximum absolute atomic E-state index is 5.98. The first-order valence-electron chi connectivity index (χ1n) is 10.3. The lowest BCUT2D eigenvalue weighted by Crippen LogP contribution is -2.37. The van der Waals surface area contributed by atoms with Crippen molar-refractivity contribution in [3.8, 4) is 0 Å². The third-order valence-electron chi connectivity index (χ3n) is 4.84. The molecule has 0 spiro atoms. The van der Waals surface area contributed by atoms with Crippen LogP contribution in [0.15, 0.2) is 58.4 Å². The number of hydrogen-bond donors (Lipinski definition) is 2. The van der Waals surface area contributed by atoms with Crippen LogP contribution >= 0.6 is 23.4 Å². The minimum atomic E-state index is 0.326. The van der Waals surface area contributed by atoms with Gasteiger partial charge >= 0.3 is 0 Å². The van der Waals surface area contributed by atoms with Crippen LogP contribution in [0.25, 0.3) is 0 Å². The fraction of sp³-hybridized carbons (Fsp3) is 0.435. The maximum Gasteiger partial charge on any atom is 0.191 e. The number of hydrogen-bond acceptors (Lipinski definition) is 4. The third kappa shape index (κ3) is 8.19. The standard InChI is InChI=1S/C23H30ClN3O2S/c1-25-23(26-12-15-30-22-8-6-20(24)7-9-22)27-16-18-2-4-19(5-3-18)17-29-21-10-13-28-14-11-21/h2-9,21H,10-17H2,1H3,(H2,25,26,27). The first-order valence-corrected chi connectivity index (χ1v) is 11.7. The van der Waals surface area contributed by atoms with Gasteiger partial charge in [0, 0.05) is 49.0 Å². The van der Waals surface area contributed by atoms with Gasteiger partial charge in [-0.3, -0.25) is 4.99 Å². The molecule has 3 rings (SSSR count). The Kier molecular flexibility index (Phi) is 9.83. The van der Waals surface area contributed by atoms with Crippen molar-refractivity contribution in [2.75, 3.05) is 32.6 Å². The Hall–Kier alpha value is -1.73. The van der Waals surface area contributed by atoms with Gasteiger partial charge in [-0.2, -0.15) is 0 Å². The lowest BCUT2D eigenvalue weighted by Gasteiger charge is -2.22. The van der Waals surface area contributed by atoms with E-state index < -0.39 is 0 Å². The highest BCUT2D eigenvalue weighted by molar-refractivity contribution is 7.99. The van der Waals surface area contributed by atoms with E-state index in [2.05, 4.69) is 39.9 Å². The summed E-state index contributed by atoms with van der Waals surface area (Å²) in [5.41, 5.74) is 2.41. The summed E-state index contributed by atoms with van der Waals surface area (Å²) < 4.78 is 11.4. The van der Waals surface area contributed by atoms with E-state index in [1.807, 2.05) is 24.3 Å². The van der Waals surface area contributed by atoms with Crippen LogP contribution in [0, 0.1) is 0 Å². The normalized spacial score (nSPS) is 15.2. The highest BCUT2D eigenvalue weighted by Crippen LogP contribution is 2.19. The van der Waals surface area contributed by atoms with Gasteiger partial charge in [-0.25, -0.2) is 0 Å². The molecule has 0 unspecified atom stereocenters. The van der Waals surface area contributed by atoms with E-state index in [1.54, 1.807) is 18.8 Å². The summed E-state index contributed by atoms with van der Waals surface area (Å²) in [5, 5.41) is 7.48. The van der Waals surface area contributed by atoms with Crippen LogP contribution in [0.3, 0.4) is 0 Å². The molecule has 30 heavy (non-hydrogen) atoms.